The summed E-state index contributed by atoms with van der Waals surface area (Å²) < 4.78 is 11.4. The van der Waals surface area contributed by atoms with Crippen molar-refractivity contribution in [2.75, 3.05) is 11.9 Å². The molecule has 0 radical (unpaired) electrons. The van der Waals surface area contributed by atoms with Crippen molar-refractivity contribution in [2.45, 2.75) is 44.1 Å². The summed E-state index contributed by atoms with van der Waals surface area (Å²) in [7, 11) is 0. The van der Waals surface area contributed by atoms with E-state index in [9.17, 15) is 4.79 Å². The van der Waals surface area contributed by atoms with Gasteiger partial charge in [0, 0.05) is 11.9 Å². The van der Waals surface area contributed by atoms with Gasteiger partial charge < -0.3 is 14.4 Å². The van der Waals surface area contributed by atoms with Gasteiger partial charge in [0.2, 0.25) is 0 Å². The summed E-state index contributed by atoms with van der Waals surface area (Å²) in [5.41, 5.74) is 1.01. The van der Waals surface area contributed by atoms with Crippen LogP contribution in [0.2, 0.25) is 0 Å². The van der Waals surface area contributed by atoms with Crippen molar-refractivity contribution in [3.05, 3.63) is 35.9 Å². The Labute approximate surface area is 133 Å². The molecule has 2 unspecified atom stereocenters. The summed E-state index contributed by atoms with van der Waals surface area (Å²) in [5, 5.41) is 0.826. The van der Waals surface area contributed by atoms with Gasteiger partial charge in [0.1, 0.15) is 6.61 Å². The highest BCUT2D eigenvalue weighted by atomic mass is 79.9. The average Bonchev–Trinajstić information content (AvgIpc) is 2.96. The quantitative estimate of drug-likeness (QED) is 0.782. The zero-order valence-electron chi connectivity index (χ0n) is 11.9. The molecule has 2 fully saturated rings. The molecule has 2 heterocycles. The second-order valence-corrected chi connectivity index (χ2v) is 6.28. The molecule has 5 heteroatoms. The van der Waals surface area contributed by atoms with E-state index in [1.54, 1.807) is 0 Å². The fourth-order valence-corrected chi connectivity index (χ4v) is 3.58. The molecule has 0 saturated carbocycles. The lowest BCUT2D eigenvalue weighted by Gasteiger charge is -2.35. The number of fused-ring (bicyclic) bond motifs is 1. The molecular weight excluding hydrogens is 334 g/mol. The largest absolute Gasteiger partial charge is 0.445 e. The first-order chi connectivity index (χ1) is 10.3. The van der Waals surface area contributed by atoms with Gasteiger partial charge in [0.25, 0.3) is 0 Å². The summed E-state index contributed by atoms with van der Waals surface area (Å²) in [6, 6.07) is 9.95. The molecule has 1 aromatic carbocycles. The van der Waals surface area contributed by atoms with Gasteiger partial charge in [-0.1, -0.05) is 46.3 Å². The normalized spacial score (nSPS) is 28.2. The Kier molecular flexibility index (Phi) is 4.80. The highest BCUT2D eigenvalue weighted by Gasteiger charge is 2.42. The number of alkyl halides is 1. The van der Waals surface area contributed by atoms with Crippen LogP contribution in [0.4, 0.5) is 4.79 Å². The van der Waals surface area contributed by atoms with Crippen molar-refractivity contribution < 1.29 is 14.3 Å². The second-order valence-electron chi connectivity index (χ2n) is 5.63. The van der Waals surface area contributed by atoms with Gasteiger partial charge >= 0.3 is 6.09 Å². The highest BCUT2D eigenvalue weighted by molar-refractivity contribution is 9.09. The number of rotatable bonds is 3. The van der Waals surface area contributed by atoms with E-state index in [0.29, 0.717) is 6.61 Å². The molecule has 2 saturated heterocycles. The number of halogens is 1. The number of carbonyl (C=O) groups excluding carboxylic acids is 1. The minimum absolute atomic E-state index is 0.171. The van der Waals surface area contributed by atoms with Gasteiger partial charge in [-0.3, -0.25) is 0 Å². The summed E-state index contributed by atoms with van der Waals surface area (Å²) in [6.07, 6.45) is 3.09. The molecule has 2 aliphatic heterocycles. The predicted octanol–water partition coefficient (Wildman–Crippen LogP) is 3.34. The summed E-state index contributed by atoms with van der Waals surface area (Å²) in [5.74, 6) is 0. The topological polar surface area (TPSA) is 38.8 Å². The van der Waals surface area contributed by atoms with Crippen LogP contribution in [0.1, 0.15) is 24.8 Å². The zero-order chi connectivity index (χ0) is 14.7. The van der Waals surface area contributed by atoms with Crippen LogP contribution in [-0.2, 0) is 16.1 Å². The first-order valence-corrected chi connectivity index (χ1v) is 8.59. The van der Waals surface area contributed by atoms with Crippen LogP contribution in [0.25, 0.3) is 0 Å². The Hall–Kier alpha value is -1.07. The van der Waals surface area contributed by atoms with Gasteiger partial charge in [-0.05, 0) is 24.8 Å². The van der Waals surface area contributed by atoms with Crippen LogP contribution in [0.3, 0.4) is 0 Å². The minimum atomic E-state index is -0.215. The van der Waals surface area contributed by atoms with Gasteiger partial charge in [-0.15, -0.1) is 0 Å². The third-order valence-electron chi connectivity index (χ3n) is 4.20. The van der Waals surface area contributed by atoms with Crippen molar-refractivity contribution in [1.29, 1.82) is 0 Å². The van der Waals surface area contributed by atoms with E-state index in [-0.39, 0.29) is 24.3 Å². The van der Waals surface area contributed by atoms with E-state index < -0.39 is 0 Å². The van der Waals surface area contributed by atoms with Crippen molar-refractivity contribution in [3.63, 3.8) is 0 Å². The van der Waals surface area contributed by atoms with E-state index in [1.165, 1.54) is 0 Å². The average molecular weight is 354 g/mol. The fraction of sp³-hybridized carbons (Fsp3) is 0.562. The third-order valence-corrected chi connectivity index (χ3v) is 4.92. The molecule has 0 aliphatic carbocycles. The Balaban J connectivity index is 1.59. The molecule has 4 nitrogen and oxygen atoms in total. The molecule has 1 aromatic rings. The number of piperidine rings is 1. The maximum atomic E-state index is 12.3. The predicted molar refractivity (Wildman–Crippen MR) is 83.4 cm³/mol. The molecule has 3 rings (SSSR count). The van der Waals surface area contributed by atoms with Crippen molar-refractivity contribution in [1.82, 2.24) is 4.90 Å². The highest BCUT2D eigenvalue weighted by Crippen LogP contribution is 2.33. The number of benzene rings is 1. The van der Waals surface area contributed by atoms with Crippen molar-refractivity contribution in [3.8, 4) is 0 Å². The van der Waals surface area contributed by atoms with E-state index in [1.807, 2.05) is 35.2 Å². The Bertz CT molecular complexity index is 482. The van der Waals surface area contributed by atoms with Gasteiger partial charge in [-0.2, -0.15) is 0 Å². The molecule has 0 spiro atoms. The molecule has 0 N–H and O–H groups in total. The van der Waals surface area contributed by atoms with Gasteiger partial charge in [0.05, 0.1) is 18.2 Å². The van der Waals surface area contributed by atoms with E-state index in [0.717, 1.165) is 36.7 Å². The summed E-state index contributed by atoms with van der Waals surface area (Å²) >= 11 is 3.47. The summed E-state index contributed by atoms with van der Waals surface area (Å²) in [4.78, 5) is 14.2. The number of hydrogen-bond donors (Lipinski definition) is 0. The monoisotopic (exact) mass is 353 g/mol. The van der Waals surface area contributed by atoms with Crippen LogP contribution in [0.15, 0.2) is 30.3 Å². The number of carbonyl (C=O) groups is 1. The number of likely N-dealkylation sites (tertiary alicyclic amines) is 1. The SMILES string of the molecule is O=C(OCc1ccccc1)N1CCC[C@@H]2OC(CBr)CC21. The molecule has 21 heavy (non-hydrogen) atoms. The lowest BCUT2D eigenvalue weighted by Crippen LogP contribution is -2.48. The maximum Gasteiger partial charge on any atom is 0.410 e. The van der Waals surface area contributed by atoms with Crippen LogP contribution in [-0.4, -0.2) is 41.1 Å². The standard InChI is InChI=1S/C16H20BrNO3/c17-10-13-9-14-15(21-13)7-4-8-18(14)16(19)20-11-12-5-2-1-3-6-12/h1-3,5-6,13-15H,4,7-11H2/t13?,14?,15-/m0/s1. The number of hydrogen-bond acceptors (Lipinski definition) is 3. The number of amides is 1. The van der Waals surface area contributed by atoms with Crippen molar-refractivity contribution in [2.24, 2.45) is 0 Å². The minimum Gasteiger partial charge on any atom is -0.445 e. The number of ether oxygens (including phenoxy) is 2. The molecule has 3 atom stereocenters. The lowest BCUT2D eigenvalue weighted by atomic mass is 9.98. The van der Waals surface area contributed by atoms with Gasteiger partial charge in [0.15, 0.2) is 0 Å². The van der Waals surface area contributed by atoms with E-state index >= 15 is 0 Å². The van der Waals surface area contributed by atoms with Crippen LogP contribution in [0, 0.1) is 0 Å². The van der Waals surface area contributed by atoms with E-state index in [4.69, 9.17) is 9.47 Å². The lowest BCUT2D eigenvalue weighted by molar-refractivity contribution is 0.000548. The zero-order valence-corrected chi connectivity index (χ0v) is 13.5. The van der Waals surface area contributed by atoms with Crippen LogP contribution in [0.5, 0.6) is 0 Å². The molecule has 1 amide bonds. The molecular formula is C16H20BrNO3. The molecule has 0 aromatic heterocycles. The van der Waals surface area contributed by atoms with Crippen LogP contribution < -0.4 is 0 Å². The Morgan fingerprint density at radius 1 is 1.38 bits per heavy atom. The van der Waals surface area contributed by atoms with Crippen molar-refractivity contribution >= 4 is 22.0 Å². The van der Waals surface area contributed by atoms with Crippen LogP contribution >= 0.6 is 15.9 Å². The maximum absolute atomic E-state index is 12.3. The molecule has 114 valence electrons. The Morgan fingerprint density at radius 2 is 2.19 bits per heavy atom. The molecule has 0 bridgehead atoms. The number of nitrogens with zero attached hydrogens (tertiary/aromatic N) is 1. The van der Waals surface area contributed by atoms with Gasteiger partial charge in [-0.25, -0.2) is 4.79 Å². The first kappa shape index (κ1) is 14.9. The first-order valence-electron chi connectivity index (χ1n) is 7.46. The third kappa shape index (κ3) is 3.40. The smallest absolute Gasteiger partial charge is 0.410 e. The second kappa shape index (κ2) is 6.79. The Morgan fingerprint density at radius 3 is 2.95 bits per heavy atom. The van der Waals surface area contributed by atoms with E-state index in [2.05, 4.69) is 15.9 Å². The fourth-order valence-electron chi connectivity index (χ4n) is 3.16. The summed E-state index contributed by atoms with van der Waals surface area (Å²) in [6.45, 7) is 1.10. The molecule has 2 aliphatic rings.